The average Bonchev–Trinajstić information content (AvgIpc) is 2.46. The monoisotopic (exact) mass is 305 g/mol. The minimum absolute atomic E-state index is 0.0772. The number of aromatic nitrogens is 1. The van der Waals surface area contributed by atoms with E-state index < -0.39 is 10.0 Å². The number of nitrogens with two attached hydrogens (primary N) is 1. The van der Waals surface area contributed by atoms with Crippen molar-refractivity contribution in [1.29, 1.82) is 0 Å². The summed E-state index contributed by atoms with van der Waals surface area (Å²) in [5, 5.41) is 0. The van der Waals surface area contributed by atoms with Crippen molar-refractivity contribution in [1.82, 2.24) is 9.71 Å². The highest BCUT2D eigenvalue weighted by Gasteiger charge is 2.13. The summed E-state index contributed by atoms with van der Waals surface area (Å²) >= 11 is 0. The quantitative estimate of drug-likeness (QED) is 0.846. The van der Waals surface area contributed by atoms with E-state index in [1.54, 1.807) is 12.1 Å². The third-order valence-electron chi connectivity index (χ3n) is 3.10. The Hall–Kier alpha value is -1.76. The van der Waals surface area contributed by atoms with E-state index in [9.17, 15) is 8.42 Å². The Balaban J connectivity index is 2.05. The van der Waals surface area contributed by atoms with Crippen molar-refractivity contribution in [2.24, 2.45) is 5.73 Å². The molecular formula is C15H19N3O2S. The van der Waals surface area contributed by atoms with Crippen LogP contribution in [0.1, 0.15) is 22.5 Å². The van der Waals surface area contributed by atoms with Crippen LogP contribution < -0.4 is 10.5 Å². The molecule has 1 aromatic heterocycles. The molecule has 2 rings (SSSR count). The molecule has 1 heterocycles. The molecule has 1 aromatic carbocycles. The number of pyridine rings is 1. The van der Waals surface area contributed by atoms with Crippen LogP contribution in [-0.4, -0.2) is 13.4 Å². The number of aryl methyl sites for hydroxylation is 1. The highest BCUT2D eigenvalue weighted by Crippen LogP contribution is 2.11. The van der Waals surface area contributed by atoms with Gasteiger partial charge in [0.15, 0.2) is 0 Å². The molecular weight excluding hydrogens is 286 g/mol. The van der Waals surface area contributed by atoms with E-state index in [-0.39, 0.29) is 12.3 Å². The summed E-state index contributed by atoms with van der Waals surface area (Å²) in [6.07, 6.45) is 0. The number of nitrogens with one attached hydrogen (secondary N) is 1. The summed E-state index contributed by atoms with van der Waals surface area (Å²) in [7, 11) is -3.42. The van der Waals surface area contributed by atoms with Crippen LogP contribution in [0.15, 0.2) is 42.5 Å². The molecule has 0 aliphatic rings. The first-order valence-corrected chi connectivity index (χ1v) is 8.32. The lowest BCUT2D eigenvalue weighted by molar-refractivity contribution is 0.579. The second-order valence-electron chi connectivity index (χ2n) is 4.82. The normalized spacial score (nSPS) is 11.5. The predicted molar refractivity (Wildman–Crippen MR) is 82.8 cm³/mol. The molecule has 0 fully saturated rings. The van der Waals surface area contributed by atoms with Gasteiger partial charge in [0, 0.05) is 12.2 Å². The van der Waals surface area contributed by atoms with E-state index in [1.807, 2.05) is 37.3 Å². The Morgan fingerprint density at radius 2 is 1.81 bits per heavy atom. The maximum absolute atomic E-state index is 12.1. The third-order valence-corrected chi connectivity index (χ3v) is 4.38. The fourth-order valence-electron chi connectivity index (χ4n) is 2.04. The highest BCUT2D eigenvalue weighted by atomic mass is 32.2. The summed E-state index contributed by atoms with van der Waals surface area (Å²) in [6, 6.07) is 12.8. The highest BCUT2D eigenvalue weighted by molar-refractivity contribution is 7.88. The Bertz CT molecular complexity index is 714. The van der Waals surface area contributed by atoms with Gasteiger partial charge in [0.1, 0.15) is 0 Å². The van der Waals surface area contributed by atoms with Crippen molar-refractivity contribution < 1.29 is 8.42 Å². The molecule has 0 radical (unpaired) electrons. The molecule has 5 nitrogen and oxygen atoms in total. The van der Waals surface area contributed by atoms with E-state index in [0.717, 1.165) is 16.8 Å². The van der Waals surface area contributed by atoms with Gasteiger partial charge in [-0.15, -0.1) is 0 Å². The van der Waals surface area contributed by atoms with Crippen LogP contribution in [0.4, 0.5) is 0 Å². The molecule has 0 atom stereocenters. The maximum atomic E-state index is 12.1. The minimum atomic E-state index is -3.42. The lowest BCUT2D eigenvalue weighted by Crippen LogP contribution is -2.25. The summed E-state index contributed by atoms with van der Waals surface area (Å²) in [5.74, 6) is -0.0772. The first kappa shape index (κ1) is 15.6. The molecule has 112 valence electrons. The molecule has 6 heteroatoms. The molecule has 0 aliphatic carbocycles. The molecule has 3 N–H and O–H groups in total. The van der Waals surface area contributed by atoms with Crippen molar-refractivity contribution in [3.05, 3.63) is 65.0 Å². The summed E-state index contributed by atoms with van der Waals surface area (Å²) in [5.41, 5.74) is 8.76. The van der Waals surface area contributed by atoms with Gasteiger partial charge in [-0.1, -0.05) is 30.3 Å². The standard InChI is InChI=1S/C15H19N3O2S/c1-12-5-4-8-15(18-12)10-17-21(19,20)11-14-7-3-2-6-13(14)9-16/h2-8,17H,9-11,16H2,1H3. The predicted octanol–water partition coefficient (Wildman–Crippen LogP) is 1.47. The van der Waals surface area contributed by atoms with Crippen LogP contribution in [0, 0.1) is 6.92 Å². The average molecular weight is 305 g/mol. The van der Waals surface area contributed by atoms with Crippen molar-refractivity contribution in [3.63, 3.8) is 0 Å². The largest absolute Gasteiger partial charge is 0.326 e. The molecule has 2 aromatic rings. The van der Waals surface area contributed by atoms with Crippen LogP contribution in [0.3, 0.4) is 0 Å². The van der Waals surface area contributed by atoms with Crippen LogP contribution >= 0.6 is 0 Å². The van der Waals surface area contributed by atoms with Crippen LogP contribution in [-0.2, 0) is 28.9 Å². The Kier molecular flexibility index (Phi) is 5.06. The Morgan fingerprint density at radius 1 is 1.10 bits per heavy atom. The summed E-state index contributed by atoms with van der Waals surface area (Å²) < 4.78 is 26.9. The second-order valence-corrected chi connectivity index (χ2v) is 6.63. The van der Waals surface area contributed by atoms with Gasteiger partial charge in [0.25, 0.3) is 0 Å². The third kappa shape index (κ3) is 4.63. The summed E-state index contributed by atoms with van der Waals surface area (Å²) in [4.78, 5) is 4.27. The molecule has 0 saturated heterocycles. The lowest BCUT2D eigenvalue weighted by atomic mass is 10.1. The number of hydrogen-bond donors (Lipinski definition) is 2. The number of nitrogens with zero attached hydrogens (tertiary/aromatic N) is 1. The molecule has 21 heavy (non-hydrogen) atoms. The van der Waals surface area contributed by atoms with Crippen molar-refractivity contribution in [2.45, 2.75) is 25.8 Å². The number of sulfonamides is 1. The van der Waals surface area contributed by atoms with Crippen LogP contribution in [0.5, 0.6) is 0 Å². The molecule has 0 aliphatic heterocycles. The van der Waals surface area contributed by atoms with Crippen LogP contribution in [0.2, 0.25) is 0 Å². The maximum Gasteiger partial charge on any atom is 0.216 e. The smallest absolute Gasteiger partial charge is 0.216 e. The number of hydrogen-bond acceptors (Lipinski definition) is 4. The van der Waals surface area contributed by atoms with Crippen molar-refractivity contribution >= 4 is 10.0 Å². The van der Waals surface area contributed by atoms with E-state index in [0.29, 0.717) is 12.2 Å². The minimum Gasteiger partial charge on any atom is -0.326 e. The zero-order valence-corrected chi connectivity index (χ0v) is 12.7. The van der Waals surface area contributed by atoms with Gasteiger partial charge in [-0.05, 0) is 30.2 Å². The van der Waals surface area contributed by atoms with Gasteiger partial charge < -0.3 is 5.73 Å². The lowest BCUT2D eigenvalue weighted by Gasteiger charge is -2.10. The zero-order chi connectivity index (χ0) is 15.3. The fraction of sp³-hybridized carbons (Fsp3) is 0.267. The SMILES string of the molecule is Cc1cccc(CNS(=O)(=O)Cc2ccccc2CN)n1. The topological polar surface area (TPSA) is 85.1 Å². The van der Waals surface area contributed by atoms with E-state index in [2.05, 4.69) is 9.71 Å². The van der Waals surface area contributed by atoms with Gasteiger partial charge in [0.2, 0.25) is 10.0 Å². The first-order chi connectivity index (χ1) is 10.00. The molecule has 0 unspecified atom stereocenters. The van der Waals surface area contributed by atoms with Crippen LogP contribution in [0.25, 0.3) is 0 Å². The molecule has 0 spiro atoms. The second kappa shape index (κ2) is 6.80. The van der Waals surface area contributed by atoms with Gasteiger partial charge >= 0.3 is 0 Å². The van der Waals surface area contributed by atoms with Crippen molar-refractivity contribution in [2.75, 3.05) is 0 Å². The molecule has 0 bridgehead atoms. The number of rotatable bonds is 6. The van der Waals surface area contributed by atoms with Gasteiger partial charge in [-0.3, -0.25) is 4.98 Å². The van der Waals surface area contributed by atoms with E-state index >= 15 is 0 Å². The first-order valence-electron chi connectivity index (χ1n) is 6.67. The van der Waals surface area contributed by atoms with Gasteiger partial charge in [-0.2, -0.15) is 0 Å². The fourth-order valence-corrected chi connectivity index (χ4v) is 3.20. The van der Waals surface area contributed by atoms with Gasteiger partial charge in [0.05, 0.1) is 18.0 Å². The summed E-state index contributed by atoms with van der Waals surface area (Å²) in [6.45, 7) is 2.38. The molecule has 0 saturated carbocycles. The van der Waals surface area contributed by atoms with E-state index in [1.165, 1.54) is 0 Å². The Labute approximate surface area is 125 Å². The van der Waals surface area contributed by atoms with Crippen molar-refractivity contribution in [3.8, 4) is 0 Å². The number of benzene rings is 1. The Morgan fingerprint density at radius 3 is 2.48 bits per heavy atom. The zero-order valence-electron chi connectivity index (χ0n) is 11.9. The molecule has 0 amide bonds. The van der Waals surface area contributed by atoms with Gasteiger partial charge in [-0.25, -0.2) is 13.1 Å². The van der Waals surface area contributed by atoms with E-state index in [4.69, 9.17) is 5.73 Å².